The highest BCUT2D eigenvalue weighted by molar-refractivity contribution is 5.69. The molecule has 0 bridgehead atoms. The number of esters is 1. The summed E-state index contributed by atoms with van der Waals surface area (Å²) < 4.78 is 5.04. The summed E-state index contributed by atoms with van der Waals surface area (Å²) in [4.78, 5) is 11.4. The van der Waals surface area contributed by atoms with Gasteiger partial charge in [0.15, 0.2) is 0 Å². The minimum absolute atomic E-state index is 0.121. The normalized spacial score (nSPS) is 11.6. The minimum Gasteiger partial charge on any atom is -0.466 e. The lowest BCUT2D eigenvalue weighted by atomic mass is 9.88. The highest BCUT2D eigenvalue weighted by atomic mass is 16.5. The van der Waals surface area contributed by atoms with Crippen LogP contribution < -0.4 is 0 Å². The molecule has 0 heterocycles. The zero-order valence-electron chi connectivity index (χ0n) is 11.9. The third-order valence-corrected chi connectivity index (χ3v) is 3.39. The fourth-order valence-corrected chi connectivity index (χ4v) is 1.71. The molecule has 0 atom stereocenters. The molecule has 0 aromatic carbocycles. The van der Waals surface area contributed by atoms with Crippen LogP contribution in [0.3, 0.4) is 0 Å². The van der Waals surface area contributed by atoms with Gasteiger partial charge in [-0.3, -0.25) is 4.79 Å². The number of carbonyl (C=O) groups is 1. The van der Waals surface area contributed by atoms with E-state index in [4.69, 9.17) is 20.1 Å². The van der Waals surface area contributed by atoms with E-state index in [1.54, 1.807) is 0 Å². The van der Waals surface area contributed by atoms with Gasteiger partial charge in [-0.1, -0.05) is 32.6 Å². The molecule has 0 unspecified atom stereocenters. The van der Waals surface area contributed by atoms with Crippen molar-refractivity contribution in [2.45, 2.75) is 51.9 Å². The van der Waals surface area contributed by atoms with E-state index in [1.165, 1.54) is 12.8 Å². The smallest absolute Gasteiger partial charge is 0.305 e. The summed E-state index contributed by atoms with van der Waals surface area (Å²) in [7, 11) is 0. The number of ether oxygens (including phenoxy) is 1. The van der Waals surface area contributed by atoms with Crippen molar-refractivity contribution in [1.29, 1.82) is 0 Å². The van der Waals surface area contributed by atoms with Crippen molar-refractivity contribution in [2.24, 2.45) is 5.41 Å². The Morgan fingerprint density at radius 2 is 1.58 bits per heavy atom. The molecular weight excluding hydrogens is 248 g/mol. The van der Waals surface area contributed by atoms with Gasteiger partial charge in [-0.15, -0.1) is 0 Å². The van der Waals surface area contributed by atoms with Crippen molar-refractivity contribution in [3.05, 3.63) is 0 Å². The molecule has 0 aromatic rings. The van der Waals surface area contributed by atoms with E-state index < -0.39 is 5.41 Å². The Kier molecular flexibility index (Phi) is 10.8. The molecule has 114 valence electrons. The van der Waals surface area contributed by atoms with Crippen LogP contribution in [0.25, 0.3) is 0 Å². The first-order chi connectivity index (χ1) is 9.14. The van der Waals surface area contributed by atoms with Gasteiger partial charge in [-0.05, 0) is 12.8 Å². The Balaban J connectivity index is 3.67. The maximum atomic E-state index is 11.4. The number of unbranched alkanes of at least 4 members (excludes halogenated alkanes) is 4. The molecular formula is C14H28O5. The first-order valence-electron chi connectivity index (χ1n) is 7.12. The van der Waals surface area contributed by atoms with Crippen molar-refractivity contribution < 1.29 is 24.9 Å². The number of carbonyl (C=O) groups excluding carboxylic acids is 1. The minimum atomic E-state index is -0.957. The molecule has 0 fully saturated rings. The number of hydrogen-bond acceptors (Lipinski definition) is 5. The predicted octanol–water partition coefficient (Wildman–Crippen LogP) is 1.24. The average molecular weight is 276 g/mol. The SMILES string of the molecule is CCCCCCCC(=O)OCCC(CO)(CO)CO. The third kappa shape index (κ3) is 8.18. The maximum Gasteiger partial charge on any atom is 0.305 e. The Labute approximate surface area is 115 Å². The summed E-state index contributed by atoms with van der Waals surface area (Å²) >= 11 is 0. The van der Waals surface area contributed by atoms with Crippen LogP contribution in [0.15, 0.2) is 0 Å². The molecule has 19 heavy (non-hydrogen) atoms. The Bertz CT molecular complexity index is 218. The van der Waals surface area contributed by atoms with Gasteiger partial charge < -0.3 is 20.1 Å². The van der Waals surface area contributed by atoms with Gasteiger partial charge in [0.1, 0.15) is 0 Å². The lowest BCUT2D eigenvalue weighted by Gasteiger charge is -2.26. The van der Waals surface area contributed by atoms with Crippen molar-refractivity contribution in [2.75, 3.05) is 26.4 Å². The Morgan fingerprint density at radius 3 is 2.11 bits per heavy atom. The quantitative estimate of drug-likeness (QED) is 0.369. The molecule has 0 rings (SSSR count). The van der Waals surface area contributed by atoms with Crippen LogP contribution in [-0.2, 0) is 9.53 Å². The van der Waals surface area contributed by atoms with E-state index in [2.05, 4.69) is 6.92 Å². The second kappa shape index (κ2) is 11.2. The summed E-state index contributed by atoms with van der Waals surface area (Å²) in [5.74, 6) is -0.251. The van der Waals surface area contributed by atoms with Crippen molar-refractivity contribution in [1.82, 2.24) is 0 Å². The summed E-state index contributed by atoms with van der Waals surface area (Å²) in [5.41, 5.74) is -0.957. The predicted molar refractivity (Wildman–Crippen MR) is 72.6 cm³/mol. The molecule has 0 saturated carbocycles. The summed E-state index contributed by atoms with van der Waals surface area (Å²) in [6.45, 7) is 1.29. The van der Waals surface area contributed by atoms with Gasteiger partial charge in [-0.2, -0.15) is 0 Å². The third-order valence-electron chi connectivity index (χ3n) is 3.39. The van der Waals surface area contributed by atoms with Crippen LogP contribution in [0.5, 0.6) is 0 Å². The second-order valence-corrected chi connectivity index (χ2v) is 5.11. The highest BCUT2D eigenvalue weighted by Gasteiger charge is 2.28. The number of hydrogen-bond donors (Lipinski definition) is 3. The fourth-order valence-electron chi connectivity index (χ4n) is 1.71. The van der Waals surface area contributed by atoms with Crippen LogP contribution in [0.4, 0.5) is 0 Å². The van der Waals surface area contributed by atoms with E-state index in [0.29, 0.717) is 6.42 Å². The van der Waals surface area contributed by atoms with E-state index in [0.717, 1.165) is 19.3 Å². The summed E-state index contributed by atoms with van der Waals surface area (Å²) in [6.07, 6.45) is 6.07. The van der Waals surface area contributed by atoms with Crippen LogP contribution in [0.1, 0.15) is 51.9 Å². The topological polar surface area (TPSA) is 87.0 Å². The van der Waals surface area contributed by atoms with Gasteiger partial charge in [0.25, 0.3) is 0 Å². The first kappa shape index (κ1) is 18.4. The van der Waals surface area contributed by atoms with Crippen LogP contribution >= 0.6 is 0 Å². The average Bonchev–Trinajstić information content (AvgIpc) is 2.44. The van der Waals surface area contributed by atoms with Crippen molar-refractivity contribution >= 4 is 5.97 Å². The van der Waals surface area contributed by atoms with Crippen molar-refractivity contribution in [3.8, 4) is 0 Å². The summed E-state index contributed by atoms with van der Waals surface area (Å²) in [5, 5.41) is 27.3. The molecule has 0 aliphatic heterocycles. The van der Waals surface area contributed by atoms with Crippen LogP contribution in [0.2, 0.25) is 0 Å². The number of rotatable bonds is 12. The highest BCUT2D eigenvalue weighted by Crippen LogP contribution is 2.19. The summed E-state index contributed by atoms with van der Waals surface area (Å²) in [6, 6.07) is 0. The van der Waals surface area contributed by atoms with E-state index in [9.17, 15) is 4.79 Å². The molecule has 0 saturated heterocycles. The molecule has 0 spiro atoms. The van der Waals surface area contributed by atoms with E-state index >= 15 is 0 Å². The largest absolute Gasteiger partial charge is 0.466 e. The van der Waals surface area contributed by atoms with Gasteiger partial charge in [0.2, 0.25) is 0 Å². The van der Waals surface area contributed by atoms with Crippen molar-refractivity contribution in [3.63, 3.8) is 0 Å². The Morgan fingerprint density at radius 1 is 1.00 bits per heavy atom. The monoisotopic (exact) mass is 276 g/mol. The van der Waals surface area contributed by atoms with Crippen LogP contribution in [0, 0.1) is 5.41 Å². The zero-order valence-corrected chi connectivity index (χ0v) is 11.9. The molecule has 0 aliphatic carbocycles. The Hall–Kier alpha value is -0.650. The van der Waals surface area contributed by atoms with Gasteiger partial charge in [0, 0.05) is 11.8 Å². The van der Waals surface area contributed by atoms with Gasteiger partial charge in [0.05, 0.1) is 26.4 Å². The first-order valence-corrected chi connectivity index (χ1v) is 7.12. The number of aliphatic hydroxyl groups excluding tert-OH is 3. The van der Waals surface area contributed by atoms with E-state index in [-0.39, 0.29) is 38.8 Å². The van der Waals surface area contributed by atoms with Gasteiger partial charge >= 0.3 is 5.97 Å². The molecule has 0 radical (unpaired) electrons. The van der Waals surface area contributed by atoms with Gasteiger partial charge in [-0.25, -0.2) is 0 Å². The standard InChI is InChI=1S/C14H28O5/c1-2-3-4-5-6-7-13(18)19-9-8-14(10-15,11-16)12-17/h15-17H,2-12H2,1H3. The maximum absolute atomic E-state index is 11.4. The second-order valence-electron chi connectivity index (χ2n) is 5.11. The molecule has 0 aliphatic rings. The molecule has 3 N–H and O–H groups in total. The lowest BCUT2D eigenvalue weighted by molar-refractivity contribution is -0.145. The molecule has 0 amide bonds. The number of aliphatic hydroxyl groups is 3. The lowest BCUT2D eigenvalue weighted by Crippen LogP contribution is -2.35. The molecule has 0 aromatic heterocycles. The van der Waals surface area contributed by atoms with E-state index in [1.807, 2.05) is 0 Å². The fraction of sp³-hybridized carbons (Fsp3) is 0.929. The van der Waals surface area contributed by atoms with Crippen LogP contribution in [-0.4, -0.2) is 47.7 Å². The zero-order chi connectivity index (χ0) is 14.6. The molecule has 5 nitrogen and oxygen atoms in total. The molecule has 5 heteroatoms.